The highest BCUT2D eigenvalue weighted by molar-refractivity contribution is 6.42. The van der Waals surface area contributed by atoms with Gasteiger partial charge in [0.25, 0.3) is 5.78 Å². The fourth-order valence-electron chi connectivity index (χ4n) is 2.96. The second-order valence-corrected chi connectivity index (χ2v) is 8.13. The average Bonchev–Trinajstić information content (AvgIpc) is 3.25. The lowest BCUT2D eigenvalue weighted by Crippen LogP contribution is -2.20. The SMILES string of the molecule is Nc1nnc2nc(CC(=O)c3ccc(Cl)c(Cl)c3)c(=CC(=O)c3ccc(Cl)c(Cl)c3)n12. The van der Waals surface area contributed by atoms with Crippen molar-refractivity contribution in [2.75, 3.05) is 5.73 Å². The summed E-state index contributed by atoms with van der Waals surface area (Å²) in [6, 6.07) is 9.07. The standard InChI is InChI=1S/C20H11Cl4N5O2/c21-11-3-1-9(5-13(11)23)17(30)7-15-16(29-19(25)27-28-20(29)26-15)8-18(31)10-2-4-12(22)14(24)6-10/h1-6,8H,7H2,(H2,25,27). The van der Waals surface area contributed by atoms with Crippen molar-refractivity contribution in [3.8, 4) is 0 Å². The predicted octanol–water partition coefficient (Wildman–Crippen LogP) is 4.13. The number of carbonyl (C=O) groups excluding carboxylic acids is 2. The molecule has 2 heterocycles. The van der Waals surface area contributed by atoms with Crippen molar-refractivity contribution in [1.82, 2.24) is 19.6 Å². The summed E-state index contributed by atoms with van der Waals surface area (Å²) in [7, 11) is 0. The highest BCUT2D eigenvalue weighted by Gasteiger charge is 2.18. The molecule has 4 aromatic rings. The van der Waals surface area contributed by atoms with Gasteiger partial charge in [0.1, 0.15) is 0 Å². The van der Waals surface area contributed by atoms with Gasteiger partial charge in [0.05, 0.1) is 37.6 Å². The third-order valence-corrected chi connectivity index (χ3v) is 5.96. The van der Waals surface area contributed by atoms with Crippen LogP contribution in [0.25, 0.3) is 11.9 Å². The first-order valence-corrected chi connectivity index (χ1v) is 10.2. The van der Waals surface area contributed by atoms with Gasteiger partial charge in [0.2, 0.25) is 5.95 Å². The topological polar surface area (TPSA) is 103 Å². The van der Waals surface area contributed by atoms with Crippen LogP contribution >= 0.6 is 46.4 Å². The number of benzene rings is 2. The lowest BCUT2D eigenvalue weighted by atomic mass is 10.1. The average molecular weight is 495 g/mol. The van der Waals surface area contributed by atoms with Gasteiger partial charge in [-0.3, -0.25) is 9.59 Å². The van der Waals surface area contributed by atoms with Crippen LogP contribution in [0.4, 0.5) is 5.95 Å². The normalized spacial score (nSPS) is 11.9. The van der Waals surface area contributed by atoms with Gasteiger partial charge in [-0.15, -0.1) is 10.2 Å². The highest BCUT2D eigenvalue weighted by Crippen LogP contribution is 2.24. The maximum Gasteiger partial charge on any atom is 0.257 e. The van der Waals surface area contributed by atoms with Gasteiger partial charge in [-0.25, -0.2) is 9.38 Å². The second-order valence-electron chi connectivity index (χ2n) is 6.50. The molecule has 2 aromatic carbocycles. The summed E-state index contributed by atoms with van der Waals surface area (Å²) in [4.78, 5) is 30.0. The Morgan fingerprint density at radius 1 is 0.903 bits per heavy atom. The van der Waals surface area contributed by atoms with Gasteiger partial charge in [0, 0.05) is 17.2 Å². The van der Waals surface area contributed by atoms with Crippen LogP contribution < -0.4 is 11.1 Å². The molecule has 0 amide bonds. The van der Waals surface area contributed by atoms with Crippen molar-refractivity contribution in [1.29, 1.82) is 0 Å². The molecule has 2 aromatic heterocycles. The number of ketones is 2. The minimum atomic E-state index is -0.385. The van der Waals surface area contributed by atoms with E-state index in [0.29, 0.717) is 32.2 Å². The van der Waals surface area contributed by atoms with Gasteiger partial charge in [0.15, 0.2) is 11.6 Å². The number of nitrogens with two attached hydrogens (primary N) is 1. The zero-order valence-electron chi connectivity index (χ0n) is 15.4. The Labute approximate surface area is 195 Å². The van der Waals surface area contributed by atoms with Crippen molar-refractivity contribution < 1.29 is 9.59 Å². The van der Waals surface area contributed by atoms with E-state index in [1.54, 1.807) is 6.07 Å². The van der Waals surface area contributed by atoms with E-state index < -0.39 is 0 Å². The third kappa shape index (κ3) is 4.22. The van der Waals surface area contributed by atoms with Crippen molar-refractivity contribution in [3.63, 3.8) is 0 Å². The van der Waals surface area contributed by atoms with Crippen molar-refractivity contribution >= 4 is 75.8 Å². The summed E-state index contributed by atoms with van der Waals surface area (Å²) in [5.41, 5.74) is 6.85. The molecule has 4 rings (SSSR count). The minimum Gasteiger partial charge on any atom is -0.368 e. The number of hydrogen-bond donors (Lipinski definition) is 1. The molecule has 0 aliphatic carbocycles. The zero-order valence-corrected chi connectivity index (χ0v) is 18.5. The lowest BCUT2D eigenvalue weighted by molar-refractivity contribution is 0.0990. The van der Waals surface area contributed by atoms with E-state index in [9.17, 15) is 9.59 Å². The Kier molecular flexibility index (Phi) is 5.85. The fraction of sp³-hybridized carbons (Fsp3) is 0.0500. The maximum atomic E-state index is 12.8. The number of hydrogen-bond acceptors (Lipinski definition) is 6. The first-order chi connectivity index (χ1) is 14.7. The molecule has 0 spiro atoms. The molecule has 31 heavy (non-hydrogen) atoms. The number of halogens is 4. The Hall–Kier alpha value is -2.71. The minimum absolute atomic E-state index is 0.0314. The van der Waals surface area contributed by atoms with Crippen LogP contribution in [0, 0.1) is 0 Å². The Bertz CT molecular complexity index is 1420. The molecule has 0 unspecified atom stereocenters. The van der Waals surface area contributed by atoms with E-state index in [1.807, 2.05) is 0 Å². The molecule has 0 aliphatic rings. The van der Waals surface area contributed by atoms with E-state index in [1.165, 1.54) is 40.8 Å². The molecular weight excluding hydrogens is 484 g/mol. The van der Waals surface area contributed by atoms with E-state index in [0.717, 1.165) is 0 Å². The molecule has 0 saturated carbocycles. The van der Waals surface area contributed by atoms with Crippen LogP contribution in [0.5, 0.6) is 0 Å². The van der Waals surface area contributed by atoms with Gasteiger partial charge in [-0.1, -0.05) is 46.4 Å². The Balaban J connectivity index is 1.78. The van der Waals surface area contributed by atoms with Crippen molar-refractivity contribution in [2.24, 2.45) is 0 Å². The summed E-state index contributed by atoms with van der Waals surface area (Å²) in [5.74, 6) is -0.460. The second kappa shape index (κ2) is 8.43. The van der Waals surface area contributed by atoms with Gasteiger partial charge in [-0.05, 0) is 36.4 Å². The number of aromatic nitrogens is 4. The van der Waals surface area contributed by atoms with Crippen LogP contribution in [-0.2, 0) is 6.42 Å². The molecule has 11 heteroatoms. The van der Waals surface area contributed by atoms with Crippen LogP contribution in [0.3, 0.4) is 0 Å². The predicted molar refractivity (Wildman–Crippen MR) is 120 cm³/mol. The van der Waals surface area contributed by atoms with E-state index >= 15 is 0 Å². The number of nitrogens with zero attached hydrogens (tertiary/aromatic N) is 4. The first kappa shape index (κ1) is 21.5. The van der Waals surface area contributed by atoms with Gasteiger partial charge >= 0.3 is 0 Å². The van der Waals surface area contributed by atoms with E-state index in [2.05, 4.69) is 15.2 Å². The van der Waals surface area contributed by atoms with Gasteiger partial charge < -0.3 is 5.73 Å². The van der Waals surface area contributed by atoms with E-state index in [-0.39, 0.29) is 39.8 Å². The van der Waals surface area contributed by atoms with Crippen LogP contribution in [0.1, 0.15) is 26.4 Å². The number of imidazole rings is 1. The first-order valence-electron chi connectivity index (χ1n) is 8.73. The highest BCUT2D eigenvalue weighted by atomic mass is 35.5. The quantitative estimate of drug-likeness (QED) is 0.418. The molecule has 0 fully saturated rings. The number of fused-ring (bicyclic) bond motifs is 1. The van der Waals surface area contributed by atoms with Gasteiger partial charge in [-0.2, -0.15) is 0 Å². The summed E-state index contributed by atoms with van der Waals surface area (Å²) in [5, 5.41) is 9.09. The zero-order chi connectivity index (χ0) is 22.3. The molecular formula is C20H11Cl4N5O2. The molecule has 156 valence electrons. The summed E-state index contributed by atoms with van der Waals surface area (Å²) in [6.07, 6.45) is 1.18. The Morgan fingerprint density at radius 2 is 1.52 bits per heavy atom. The molecule has 0 saturated heterocycles. The van der Waals surface area contributed by atoms with Crippen molar-refractivity contribution in [2.45, 2.75) is 6.42 Å². The number of nitrogen functional groups attached to an aromatic ring is 1. The molecule has 0 aliphatic heterocycles. The van der Waals surface area contributed by atoms with Crippen LogP contribution in [0.2, 0.25) is 20.1 Å². The maximum absolute atomic E-state index is 12.8. The molecule has 7 nitrogen and oxygen atoms in total. The lowest BCUT2D eigenvalue weighted by Gasteiger charge is -2.02. The number of Topliss-reactive ketones (excluding diaryl/α,β-unsaturated/α-hetero) is 2. The third-order valence-electron chi connectivity index (χ3n) is 4.48. The smallest absolute Gasteiger partial charge is 0.257 e. The number of carbonyl (C=O) groups is 2. The number of anilines is 1. The summed E-state index contributed by atoms with van der Waals surface area (Å²) < 4.78 is 1.40. The summed E-state index contributed by atoms with van der Waals surface area (Å²) in [6.45, 7) is 0. The van der Waals surface area contributed by atoms with E-state index in [4.69, 9.17) is 52.1 Å². The fourth-order valence-corrected chi connectivity index (χ4v) is 3.55. The molecule has 0 bridgehead atoms. The molecule has 2 N–H and O–H groups in total. The van der Waals surface area contributed by atoms with Crippen LogP contribution in [0.15, 0.2) is 36.4 Å². The monoisotopic (exact) mass is 493 g/mol. The largest absolute Gasteiger partial charge is 0.368 e. The number of rotatable bonds is 5. The molecule has 0 atom stereocenters. The van der Waals surface area contributed by atoms with Crippen molar-refractivity contribution in [3.05, 3.63) is 78.7 Å². The Morgan fingerprint density at radius 3 is 2.16 bits per heavy atom. The molecule has 0 radical (unpaired) electrons. The summed E-state index contributed by atoms with van der Waals surface area (Å²) >= 11 is 23.9. The van der Waals surface area contributed by atoms with Crippen LogP contribution in [-0.4, -0.2) is 31.1 Å².